The lowest BCUT2D eigenvalue weighted by atomic mass is 9.88. The fourth-order valence-electron chi connectivity index (χ4n) is 4.96. The average molecular weight is 512 g/mol. The van der Waals surface area contributed by atoms with Crippen LogP contribution in [0.3, 0.4) is 0 Å². The highest BCUT2D eigenvalue weighted by Gasteiger charge is 2.24. The van der Waals surface area contributed by atoms with Crippen LogP contribution in [0, 0.1) is 17.2 Å². The molecule has 2 aliphatic rings. The van der Waals surface area contributed by atoms with E-state index in [-0.39, 0.29) is 11.7 Å². The second-order valence-corrected chi connectivity index (χ2v) is 12.3. The third-order valence-electron chi connectivity index (χ3n) is 6.85. The second-order valence-electron chi connectivity index (χ2n) is 9.34. The molecule has 0 radical (unpaired) electrons. The number of nitriles is 1. The molecule has 0 aliphatic heterocycles. The molecule has 5 rings (SSSR count). The Morgan fingerprint density at radius 3 is 2.85 bits per heavy atom. The summed E-state index contributed by atoms with van der Waals surface area (Å²) < 4.78 is 2.00. The lowest BCUT2D eigenvalue weighted by Gasteiger charge is -2.18. The summed E-state index contributed by atoms with van der Waals surface area (Å²) in [6, 6.07) is 2.35. The van der Waals surface area contributed by atoms with Gasteiger partial charge in [0, 0.05) is 27.7 Å². The van der Waals surface area contributed by atoms with Crippen LogP contribution in [0.4, 0.5) is 5.00 Å². The smallest absolute Gasteiger partial charge is 0.235 e. The van der Waals surface area contributed by atoms with Crippen molar-refractivity contribution < 1.29 is 4.79 Å². The number of aromatic nitrogens is 3. The van der Waals surface area contributed by atoms with Gasteiger partial charge in [0.1, 0.15) is 11.1 Å². The Morgan fingerprint density at radius 1 is 1.21 bits per heavy atom. The zero-order chi connectivity index (χ0) is 23.7. The first-order valence-electron chi connectivity index (χ1n) is 12.0. The van der Waals surface area contributed by atoms with Crippen LogP contribution in [0.1, 0.15) is 65.5 Å². The van der Waals surface area contributed by atoms with Crippen LogP contribution in [0.15, 0.2) is 10.5 Å². The number of rotatable bonds is 5. The van der Waals surface area contributed by atoms with Gasteiger partial charge in [-0.2, -0.15) is 5.26 Å². The van der Waals surface area contributed by atoms with Crippen LogP contribution in [0.5, 0.6) is 0 Å². The molecule has 3 aromatic rings. The summed E-state index contributed by atoms with van der Waals surface area (Å²) in [5.74, 6) is 1.74. The van der Waals surface area contributed by atoms with Gasteiger partial charge in [0.15, 0.2) is 11.0 Å². The maximum atomic E-state index is 12.8. The summed E-state index contributed by atoms with van der Waals surface area (Å²) in [6.07, 6.45) is 10.1. The molecule has 0 spiro atoms. The van der Waals surface area contributed by atoms with Crippen molar-refractivity contribution in [1.29, 1.82) is 5.26 Å². The van der Waals surface area contributed by atoms with Crippen molar-refractivity contribution in [2.24, 2.45) is 13.0 Å². The highest BCUT2D eigenvalue weighted by Crippen LogP contribution is 2.39. The van der Waals surface area contributed by atoms with E-state index in [1.807, 2.05) is 23.0 Å². The molecule has 0 bridgehead atoms. The number of nitrogens with one attached hydrogen (secondary N) is 1. The maximum absolute atomic E-state index is 12.8. The monoisotopic (exact) mass is 511 g/mol. The molecule has 34 heavy (non-hydrogen) atoms. The molecule has 9 heteroatoms. The number of aryl methyl sites for hydroxylation is 1. The number of nitrogens with zero attached hydrogens (tertiary/aromatic N) is 4. The molecule has 0 aromatic carbocycles. The van der Waals surface area contributed by atoms with Crippen molar-refractivity contribution in [2.45, 2.75) is 69.9 Å². The molecule has 1 unspecified atom stereocenters. The third-order valence-corrected chi connectivity index (χ3v) is 10.1. The van der Waals surface area contributed by atoms with Crippen molar-refractivity contribution in [1.82, 2.24) is 14.8 Å². The number of hydrogen-bond acceptors (Lipinski definition) is 7. The van der Waals surface area contributed by atoms with E-state index in [0.717, 1.165) is 61.0 Å². The number of thiophene rings is 2. The first-order chi connectivity index (χ1) is 16.5. The molecule has 3 heterocycles. The minimum Gasteiger partial charge on any atom is -0.316 e. The molecule has 0 saturated heterocycles. The van der Waals surface area contributed by atoms with Gasteiger partial charge < -0.3 is 9.88 Å². The minimum absolute atomic E-state index is 0.109. The van der Waals surface area contributed by atoms with Gasteiger partial charge in [-0.25, -0.2) is 0 Å². The lowest BCUT2D eigenvalue weighted by molar-refractivity contribution is -0.113. The van der Waals surface area contributed by atoms with Crippen LogP contribution >= 0.6 is 34.4 Å². The van der Waals surface area contributed by atoms with Gasteiger partial charge in [-0.3, -0.25) is 4.79 Å². The van der Waals surface area contributed by atoms with Gasteiger partial charge >= 0.3 is 0 Å². The van der Waals surface area contributed by atoms with E-state index in [1.54, 1.807) is 11.3 Å². The zero-order valence-electron chi connectivity index (χ0n) is 19.6. The number of carbonyl (C=O) groups is 1. The van der Waals surface area contributed by atoms with Gasteiger partial charge in [-0.05, 0) is 62.0 Å². The van der Waals surface area contributed by atoms with Gasteiger partial charge in [0.25, 0.3) is 0 Å². The van der Waals surface area contributed by atoms with Crippen molar-refractivity contribution >= 4 is 45.3 Å². The average Bonchev–Trinajstić information content (AvgIpc) is 3.47. The van der Waals surface area contributed by atoms with E-state index in [4.69, 9.17) is 0 Å². The standard InChI is InChI=1S/C25H29N5OS3/c1-15-9-10-17-19(13-32-21(17)11-15)23-28-29-25(30(23)2)33-14-22(31)27-24-18(12-26)16-7-5-3-4-6-8-20(16)34-24/h13,15H,3-11,14H2,1-2H3,(H,27,31). The van der Waals surface area contributed by atoms with Gasteiger partial charge in [-0.15, -0.1) is 32.9 Å². The second kappa shape index (κ2) is 10.2. The van der Waals surface area contributed by atoms with E-state index in [9.17, 15) is 10.1 Å². The Balaban J connectivity index is 1.26. The van der Waals surface area contributed by atoms with E-state index in [1.165, 1.54) is 51.9 Å². The number of anilines is 1. The van der Waals surface area contributed by atoms with Crippen molar-refractivity contribution in [3.8, 4) is 17.5 Å². The van der Waals surface area contributed by atoms with Gasteiger partial charge in [0.2, 0.25) is 5.91 Å². The number of hydrogen-bond donors (Lipinski definition) is 1. The minimum atomic E-state index is -0.109. The fraction of sp³-hybridized carbons (Fsp3) is 0.520. The summed E-state index contributed by atoms with van der Waals surface area (Å²) in [5.41, 5.74) is 4.43. The highest BCUT2D eigenvalue weighted by atomic mass is 32.2. The maximum Gasteiger partial charge on any atom is 0.235 e. The Morgan fingerprint density at radius 2 is 2.03 bits per heavy atom. The predicted octanol–water partition coefficient (Wildman–Crippen LogP) is 5.99. The Labute approximate surface area is 212 Å². The summed E-state index contributed by atoms with van der Waals surface area (Å²) >= 11 is 4.80. The Kier molecular flexibility index (Phi) is 7.09. The number of thioether (sulfide) groups is 1. The molecule has 0 fully saturated rings. The van der Waals surface area contributed by atoms with E-state index in [2.05, 4.69) is 33.9 Å². The summed E-state index contributed by atoms with van der Waals surface area (Å²) in [6.45, 7) is 2.32. The normalized spacial score (nSPS) is 17.9. The molecule has 178 valence electrons. The lowest BCUT2D eigenvalue weighted by Crippen LogP contribution is -2.14. The van der Waals surface area contributed by atoms with Crippen molar-refractivity contribution in [2.75, 3.05) is 11.1 Å². The first kappa shape index (κ1) is 23.6. The Bertz CT molecular complexity index is 1250. The molecular formula is C25H29N5OS3. The highest BCUT2D eigenvalue weighted by molar-refractivity contribution is 7.99. The third kappa shape index (κ3) is 4.68. The Hall–Kier alpha value is -2.15. The molecule has 1 N–H and O–H groups in total. The summed E-state index contributed by atoms with van der Waals surface area (Å²) in [4.78, 5) is 15.5. The number of carbonyl (C=O) groups excluding carboxylic acids is 1. The topological polar surface area (TPSA) is 83.6 Å². The van der Waals surface area contributed by atoms with Crippen LogP contribution in [-0.4, -0.2) is 26.4 Å². The van der Waals surface area contributed by atoms with Crippen molar-refractivity contribution in [3.63, 3.8) is 0 Å². The van der Waals surface area contributed by atoms with E-state index in [0.29, 0.717) is 10.6 Å². The molecular weight excluding hydrogens is 483 g/mol. The van der Waals surface area contributed by atoms with E-state index < -0.39 is 0 Å². The van der Waals surface area contributed by atoms with Crippen LogP contribution < -0.4 is 5.32 Å². The molecule has 2 aliphatic carbocycles. The predicted molar refractivity (Wildman–Crippen MR) is 140 cm³/mol. The molecule has 1 atom stereocenters. The largest absolute Gasteiger partial charge is 0.316 e. The molecule has 0 saturated carbocycles. The van der Waals surface area contributed by atoms with Crippen LogP contribution in [-0.2, 0) is 37.5 Å². The number of amides is 1. The van der Waals surface area contributed by atoms with Crippen LogP contribution in [0.2, 0.25) is 0 Å². The quantitative estimate of drug-likeness (QED) is 0.425. The summed E-state index contributed by atoms with van der Waals surface area (Å²) in [5, 5.41) is 25.2. The van der Waals surface area contributed by atoms with Crippen LogP contribution in [0.25, 0.3) is 11.4 Å². The van der Waals surface area contributed by atoms with Gasteiger partial charge in [0.05, 0.1) is 11.3 Å². The molecule has 3 aromatic heterocycles. The number of fused-ring (bicyclic) bond motifs is 2. The van der Waals surface area contributed by atoms with E-state index >= 15 is 0 Å². The SMILES string of the molecule is CC1CCc2c(-c3nnc(SCC(=O)Nc4sc5c(c4C#N)CCCCCC5)n3C)csc2C1. The molecule has 1 amide bonds. The van der Waals surface area contributed by atoms with Gasteiger partial charge in [-0.1, -0.05) is 31.5 Å². The van der Waals surface area contributed by atoms with Crippen molar-refractivity contribution in [3.05, 3.63) is 31.8 Å². The summed E-state index contributed by atoms with van der Waals surface area (Å²) in [7, 11) is 1.97. The molecule has 6 nitrogen and oxygen atoms in total. The fourth-order valence-corrected chi connectivity index (χ4v) is 8.17. The zero-order valence-corrected chi connectivity index (χ0v) is 22.1. The first-order valence-corrected chi connectivity index (χ1v) is 14.7.